The number of nitrogens with zero attached hydrogens (tertiary/aromatic N) is 1. The molecule has 0 aliphatic rings. The van der Waals surface area contributed by atoms with Crippen molar-refractivity contribution < 1.29 is 4.74 Å². The van der Waals surface area contributed by atoms with Crippen LogP contribution in [-0.2, 0) is 0 Å². The number of benzene rings is 1. The van der Waals surface area contributed by atoms with E-state index in [0.717, 1.165) is 29.4 Å². The fourth-order valence-corrected chi connectivity index (χ4v) is 3.29. The molecule has 0 saturated carbocycles. The van der Waals surface area contributed by atoms with Crippen molar-refractivity contribution in [2.24, 2.45) is 0 Å². The van der Waals surface area contributed by atoms with Crippen molar-refractivity contribution in [3.63, 3.8) is 0 Å². The summed E-state index contributed by atoms with van der Waals surface area (Å²) in [6.45, 7) is 7.32. The first kappa shape index (κ1) is 15.0. The maximum Gasteiger partial charge on any atom is 0.118 e. The molecule has 0 aliphatic heterocycles. The van der Waals surface area contributed by atoms with Gasteiger partial charge in [0.2, 0.25) is 0 Å². The van der Waals surface area contributed by atoms with Crippen molar-refractivity contribution in [1.82, 2.24) is 10.3 Å². The van der Waals surface area contributed by atoms with E-state index in [0.29, 0.717) is 0 Å². The van der Waals surface area contributed by atoms with Crippen molar-refractivity contribution in [2.45, 2.75) is 33.2 Å². The van der Waals surface area contributed by atoms with E-state index in [4.69, 9.17) is 4.74 Å². The smallest absolute Gasteiger partial charge is 0.118 e. The molecule has 2 aromatic rings. The highest BCUT2D eigenvalue weighted by Crippen LogP contribution is 2.30. The van der Waals surface area contributed by atoms with Crippen LogP contribution >= 0.6 is 11.3 Å². The molecule has 0 bridgehead atoms. The summed E-state index contributed by atoms with van der Waals surface area (Å²) in [7, 11) is 1.69. The number of ether oxygens (including phenoxy) is 1. The minimum Gasteiger partial charge on any atom is -0.497 e. The number of rotatable bonds is 6. The zero-order valence-corrected chi connectivity index (χ0v) is 13.4. The third-order valence-electron chi connectivity index (χ3n) is 3.25. The lowest BCUT2D eigenvalue weighted by atomic mass is 10.0. The van der Waals surface area contributed by atoms with Crippen molar-refractivity contribution in [3.05, 3.63) is 45.4 Å². The molecule has 1 aromatic carbocycles. The van der Waals surface area contributed by atoms with Crippen molar-refractivity contribution in [1.29, 1.82) is 0 Å². The largest absolute Gasteiger partial charge is 0.497 e. The highest BCUT2D eigenvalue weighted by atomic mass is 32.1. The van der Waals surface area contributed by atoms with E-state index in [1.54, 1.807) is 18.4 Å². The van der Waals surface area contributed by atoms with Gasteiger partial charge in [-0.25, -0.2) is 4.98 Å². The molecule has 3 nitrogen and oxygen atoms in total. The molecule has 1 heterocycles. The van der Waals surface area contributed by atoms with Gasteiger partial charge in [-0.2, -0.15) is 0 Å². The molecule has 20 heavy (non-hydrogen) atoms. The molecular weight excluding hydrogens is 268 g/mol. The monoisotopic (exact) mass is 290 g/mol. The summed E-state index contributed by atoms with van der Waals surface area (Å²) in [5.41, 5.74) is 2.38. The number of aryl methyl sites for hydroxylation is 2. The summed E-state index contributed by atoms with van der Waals surface area (Å²) < 4.78 is 5.23. The van der Waals surface area contributed by atoms with Gasteiger partial charge in [-0.15, -0.1) is 11.3 Å². The van der Waals surface area contributed by atoms with Crippen LogP contribution in [-0.4, -0.2) is 18.6 Å². The van der Waals surface area contributed by atoms with Crippen LogP contribution < -0.4 is 10.1 Å². The van der Waals surface area contributed by atoms with E-state index in [9.17, 15) is 0 Å². The van der Waals surface area contributed by atoms with E-state index < -0.39 is 0 Å². The predicted octanol–water partition coefficient (Wildman–Crippen LogP) is 3.86. The maximum absolute atomic E-state index is 5.23. The summed E-state index contributed by atoms with van der Waals surface area (Å²) in [6, 6.07) is 8.49. The molecule has 1 N–H and O–H groups in total. The van der Waals surface area contributed by atoms with Crippen LogP contribution in [0.4, 0.5) is 0 Å². The number of nitrogens with one attached hydrogen (secondary N) is 1. The molecule has 0 radical (unpaired) electrons. The second-order valence-corrected chi connectivity index (χ2v) is 6.08. The molecule has 0 amide bonds. The number of thiazole rings is 1. The van der Waals surface area contributed by atoms with E-state index >= 15 is 0 Å². The summed E-state index contributed by atoms with van der Waals surface area (Å²) in [5.74, 6) is 0.889. The quantitative estimate of drug-likeness (QED) is 0.877. The van der Waals surface area contributed by atoms with Crippen LogP contribution in [0.15, 0.2) is 24.3 Å². The van der Waals surface area contributed by atoms with Gasteiger partial charge in [0.05, 0.1) is 23.9 Å². The Labute approximate surface area is 125 Å². The highest BCUT2D eigenvalue weighted by Gasteiger charge is 2.18. The molecule has 1 unspecified atom stereocenters. The summed E-state index contributed by atoms with van der Waals surface area (Å²) in [5, 5.41) is 4.74. The van der Waals surface area contributed by atoms with Crippen molar-refractivity contribution in [3.8, 4) is 5.75 Å². The summed E-state index contributed by atoms with van der Waals surface area (Å²) in [6.07, 6.45) is 1.11. The lowest BCUT2D eigenvalue weighted by Gasteiger charge is -2.18. The summed E-state index contributed by atoms with van der Waals surface area (Å²) >= 11 is 1.77. The van der Waals surface area contributed by atoms with Gasteiger partial charge in [-0.05, 0) is 44.5 Å². The Hall–Kier alpha value is -1.39. The van der Waals surface area contributed by atoms with Gasteiger partial charge >= 0.3 is 0 Å². The Morgan fingerprint density at radius 3 is 2.45 bits per heavy atom. The Bertz CT molecular complexity index is 548. The first-order valence-corrected chi connectivity index (χ1v) is 7.78. The molecule has 1 atom stereocenters. The van der Waals surface area contributed by atoms with E-state index in [2.05, 4.69) is 43.2 Å². The number of methoxy groups -OCH3 is 1. The van der Waals surface area contributed by atoms with Gasteiger partial charge in [-0.1, -0.05) is 19.1 Å². The van der Waals surface area contributed by atoms with Gasteiger partial charge < -0.3 is 10.1 Å². The minimum atomic E-state index is 0.215. The topological polar surface area (TPSA) is 34.1 Å². The molecule has 2 rings (SSSR count). The van der Waals surface area contributed by atoms with Crippen LogP contribution in [0.1, 0.15) is 40.5 Å². The molecule has 4 heteroatoms. The molecule has 0 aliphatic carbocycles. The van der Waals surface area contributed by atoms with Gasteiger partial charge in [-0.3, -0.25) is 0 Å². The van der Waals surface area contributed by atoms with Gasteiger partial charge in [0.15, 0.2) is 0 Å². The van der Waals surface area contributed by atoms with E-state index in [1.807, 2.05) is 12.1 Å². The third kappa shape index (κ3) is 3.38. The fraction of sp³-hybridized carbons (Fsp3) is 0.438. The highest BCUT2D eigenvalue weighted by molar-refractivity contribution is 7.11. The van der Waals surface area contributed by atoms with Gasteiger partial charge in [0, 0.05) is 4.88 Å². The standard InChI is InChI=1S/C16H22N2OS/c1-5-10-17-15(16-11(2)18-12(3)20-16)13-6-8-14(19-4)9-7-13/h6-9,15,17H,5,10H2,1-4H3. The SMILES string of the molecule is CCCNC(c1ccc(OC)cc1)c1sc(C)nc1C. The van der Waals surface area contributed by atoms with Gasteiger partial charge in [0.25, 0.3) is 0 Å². The second kappa shape index (κ2) is 6.86. The first-order chi connectivity index (χ1) is 9.65. The number of hydrogen-bond acceptors (Lipinski definition) is 4. The number of hydrogen-bond donors (Lipinski definition) is 1. The maximum atomic E-state index is 5.23. The Kier molecular flexibility index (Phi) is 5.15. The average Bonchev–Trinajstić information content (AvgIpc) is 2.79. The van der Waals surface area contributed by atoms with Crippen LogP contribution in [0, 0.1) is 13.8 Å². The zero-order valence-electron chi connectivity index (χ0n) is 12.6. The first-order valence-electron chi connectivity index (χ1n) is 6.97. The van der Waals surface area contributed by atoms with Gasteiger partial charge in [0.1, 0.15) is 5.75 Å². The van der Waals surface area contributed by atoms with E-state index in [-0.39, 0.29) is 6.04 Å². The van der Waals surface area contributed by atoms with Crippen LogP contribution in [0.5, 0.6) is 5.75 Å². The van der Waals surface area contributed by atoms with E-state index in [1.165, 1.54) is 10.4 Å². The number of aromatic nitrogens is 1. The molecule has 1 aromatic heterocycles. The average molecular weight is 290 g/mol. The van der Waals surface area contributed by atoms with Crippen LogP contribution in [0.2, 0.25) is 0 Å². The van der Waals surface area contributed by atoms with Crippen molar-refractivity contribution >= 4 is 11.3 Å². The Balaban J connectivity index is 2.33. The zero-order chi connectivity index (χ0) is 14.5. The van der Waals surface area contributed by atoms with Crippen molar-refractivity contribution in [2.75, 3.05) is 13.7 Å². The predicted molar refractivity (Wildman–Crippen MR) is 84.7 cm³/mol. The fourth-order valence-electron chi connectivity index (χ4n) is 2.26. The normalized spacial score (nSPS) is 12.4. The Morgan fingerprint density at radius 2 is 1.95 bits per heavy atom. The molecule has 0 saturated heterocycles. The third-order valence-corrected chi connectivity index (χ3v) is 4.39. The molecule has 0 spiro atoms. The second-order valence-electron chi connectivity index (χ2n) is 4.84. The Morgan fingerprint density at radius 1 is 1.25 bits per heavy atom. The molecule has 0 fully saturated rings. The lowest BCUT2D eigenvalue weighted by molar-refractivity contribution is 0.414. The molecule has 108 valence electrons. The minimum absolute atomic E-state index is 0.215. The lowest BCUT2D eigenvalue weighted by Crippen LogP contribution is -2.23. The molecular formula is C16H22N2OS. The van der Waals surface area contributed by atoms with Crippen LogP contribution in [0.3, 0.4) is 0 Å². The summed E-state index contributed by atoms with van der Waals surface area (Å²) in [4.78, 5) is 5.86. The van der Waals surface area contributed by atoms with Crippen LogP contribution in [0.25, 0.3) is 0 Å².